The summed E-state index contributed by atoms with van der Waals surface area (Å²) in [4.78, 5) is 0.234. The van der Waals surface area contributed by atoms with Gasteiger partial charge in [-0.1, -0.05) is 0 Å². The predicted octanol–water partition coefficient (Wildman–Crippen LogP) is 0.734. The number of anilines is 1. The van der Waals surface area contributed by atoms with Crippen LogP contribution in [-0.2, 0) is 9.84 Å². The Morgan fingerprint density at radius 2 is 2.20 bits per heavy atom. The minimum atomic E-state index is -3.10. The normalized spacial score (nSPS) is 11.7. The zero-order chi connectivity index (χ0) is 7.78. The zero-order valence-corrected chi connectivity index (χ0v) is 7.00. The third-order valence-electron chi connectivity index (χ3n) is 1.06. The van der Waals surface area contributed by atoms with Gasteiger partial charge in [-0.2, -0.15) is 0 Å². The number of hydrogen-bond donors (Lipinski definition) is 1. The van der Waals surface area contributed by atoms with Crippen LogP contribution in [0.2, 0.25) is 0 Å². The predicted molar refractivity (Wildman–Crippen MR) is 41.8 cm³/mol. The number of sulfone groups is 1. The van der Waals surface area contributed by atoms with E-state index in [4.69, 9.17) is 5.73 Å². The van der Waals surface area contributed by atoms with Crippen molar-refractivity contribution in [1.82, 2.24) is 0 Å². The summed E-state index contributed by atoms with van der Waals surface area (Å²) < 4.78 is 21.7. The van der Waals surface area contributed by atoms with E-state index >= 15 is 0 Å². The van der Waals surface area contributed by atoms with E-state index in [0.717, 1.165) is 6.26 Å². The maximum atomic E-state index is 10.8. The highest BCUT2D eigenvalue weighted by molar-refractivity contribution is 7.91. The van der Waals surface area contributed by atoms with Crippen LogP contribution in [0.3, 0.4) is 0 Å². The van der Waals surface area contributed by atoms with Crippen LogP contribution in [0, 0.1) is 0 Å². The molecule has 0 radical (unpaired) electrons. The van der Waals surface area contributed by atoms with Gasteiger partial charge in [-0.25, -0.2) is 8.42 Å². The number of hydrogen-bond acceptors (Lipinski definition) is 4. The smallest absolute Gasteiger partial charge is 0.178 e. The lowest BCUT2D eigenvalue weighted by Gasteiger charge is -1.92. The van der Waals surface area contributed by atoms with E-state index in [-0.39, 0.29) is 4.90 Å². The van der Waals surface area contributed by atoms with Gasteiger partial charge in [0.25, 0.3) is 0 Å². The van der Waals surface area contributed by atoms with Crippen molar-refractivity contribution in [2.24, 2.45) is 0 Å². The molecule has 0 spiro atoms. The van der Waals surface area contributed by atoms with E-state index in [0.29, 0.717) is 5.00 Å². The van der Waals surface area contributed by atoms with Gasteiger partial charge in [0.15, 0.2) is 9.84 Å². The molecule has 0 saturated carbocycles. The fourth-order valence-electron chi connectivity index (χ4n) is 0.616. The quantitative estimate of drug-likeness (QED) is 0.688. The van der Waals surface area contributed by atoms with Crippen molar-refractivity contribution in [2.45, 2.75) is 4.90 Å². The average molecular weight is 177 g/mol. The van der Waals surface area contributed by atoms with E-state index in [1.807, 2.05) is 0 Å². The maximum absolute atomic E-state index is 10.8. The monoisotopic (exact) mass is 177 g/mol. The second kappa shape index (κ2) is 2.25. The van der Waals surface area contributed by atoms with E-state index < -0.39 is 9.84 Å². The molecule has 1 aromatic rings. The molecule has 0 aliphatic rings. The van der Waals surface area contributed by atoms with E-state index in [1.165, 1.54) is 17.4 Å². The van der Waals surface area contributed by atoms with Gasteiger partial charge in [0.05, 0.1) is 0 Å². The molecule has 0 aromatic carbocycles. The number of thiophene rings is 1. The highest BCUT2D eigenvalue weighted by Gasteiger charge is 2.10. The third-order valence-corrected chi connectivity index (χ3v) is 3.09. The summed E-state index contributed by atoms with van der Waals surface area (Å²) in [6.45, 7) is 0. The number of nitrogen functional groups attached to an aromatic ring is 1. The van der Waals surface area contributed by atoms with E-state index in [2.05, 4.69) is 0 Å². The molecule has 0 unspecified atom stereocenters. The van der Waals surface area contributed by atoms with Gasteiger partial charge < -0.3 is 5.73 Å². The van der Waals surface area contributed by atoms with Crippen LogP contribution in [0.5, 0.6) is 0 Å². The van der Waals surface area contributed by atoms with Crippen molar-refractivity contribution in [3.05, 3.63) is 11.4 Å². The molecule has 10 heavy (non-hydrogen) atoms. The average Bonchev–Trinajstić information content (AvgIpc) is 2.11. The summed E-state index contributed by atoms with van der Waals surface area (Å²) in [5.74, 6) is 0. The first-order valence-corrected chi connectivity index (χ1v) is 5.32. The van der Waals surface area contributed by atoms with Crippen molar-refractivity contribution < 1.29 is 8.42 Å². The fourth-order valence-corrected chi connectivity index (χ4v) is 2.52. The van der Waals surface area contributed by atoms with Gasteiger partial charge in [0, 0.05) is 6.26 Å². The molecule has 0 amide bonds. The molecule has 3 nitrogen and oxygen atoms in total. The summed E-state index contributed by atoms with van der Waals surface area (Å²) in [6.07, 6.45) is 1.14. The molecule has 0 fully saturated rings. The van der Waals surface area contributed by atoms with Gasteiger partial charge in [-0.05, 0) is 11.4 Å². The lowest BCUT2D eigenvalue weighted by atomic mass is 10.6. The van der Waals surface area contributed by atoms with Crippen LogP contribution in [0.25, 0.3) is 0 Å². The Morgan fingerprint density at radius 1 is 1.60 bits per heavy atom. The molecule has 1 aromatic heterocycles. The minimum absolute atomic E-state index is 0.234. The van der Waals surface area contributed by atoms with Crippen LogP contribution in [-0.4, -0.2) is 14.7 Å². The van der Waals surface area contributed by atoms with Gasteiger partial charge in [0.1, 0.15) is 9.90 Å². The van der Waals surface area contributed by atoms with Crippen molar-refractivity contribution in [1.29, 1.82) is 0 Å². The molecule has 56 valence electrons. The Kier molecular flexibility index (Phi) is 1.70. The summed E-state index contributed by atoms with van der Waals surface area (Å²) in [7, 11) is -3.10. The summed E-state index contributed by atoms with van der Waals surface area (Å²) in [5, 5.41) is 2.02. The SMILES string of the molecule is CS(=O)(=O)c1ccsc1N. The molecular weight excluding hydrogens is 170 g/mol. The van der Waals surface area contributed by atoms with E-state index in [9.17, 15) is 8.42 Å². The van der Waals surface area contributed by atoms with Crippen LogP contribution in [0.1, 0.15) is 0 Å². The molecule has 0 saturated heterocycles. The van der Waals surface area contributed by atoms with Gasteiger partial charge in [-0.15, -0.1) is 11.3 Å². The Bertz CT molecular complexity index is 325. The highest BCUT2D eigenvalue weighted by Crippen LogP contribution is 2.23. The lowest BCUT2D eigenvalue weighted by Crippen LogP contribution is -1.97. The molecule has 1 heterocycles. The Balaban J connectivity index is 3.32. The molecule has 0 bridgehead atoms. The lowest BCUT2D eigenvalue weighted by molar-refractivity contribution is 0.602. The van der Waals surface area contributed by atoms with Gasteiger partial charge >= 0.3 is 0 Å². The van der Waals surface area contributed by atoms with Crippen molar-refractivity contribution in [3.63, 3.8) is 0 Å². The van der Waals surface area contributed by atoms with Crippen molar-refractivity contribution in [2.75, 3.05) is 12.0 Å². The molecule has 2 N–H and O–H groups in total. The van der Waals surface area contributed by atoms with Gasteiger partial charge in [0.2, 0.25) is 0 Å². The second-order valence-corrected chi connectivity index (χ2v) is 4.85. The van der Waals surface area contributed by atoms with Crippen LogP contribution < -0.4 is 5.73 Å². The largest absolute Gasteiger partial charge is 0.390 e. The minimum Gasteiger partial charge on any atom is -0.390 e. The molecule has 5 heteroatoms. The van der Waals surface area contributed by atoms with Gasteiger partial charge in [-0.3, -0.25) is 0 Å². The summed E-state index contributed by atoms with van der Waals surface area (Å²) in [6, 6.07) is 1.51. The second-order valence-electron chi connectivity index (χ2n) is 1.92. The zero-order valence-electron chi connectivity index (χ0n) is 5.37. The maximum Gasteiger partial charge on any atom is 0.178 e. The Morgan fingerprint density at radius 3 is 2.40 bits per heavy atom. The fraction of sp³-hybridized carbons (Fsp3) is 0.200. The first-order chi connectivity index (χ1) is 4.52. The first-order valence-electron chi connectivity index (χ1n) is 2.55. The Hall–Kier alpha value is -0.550. The number of nitrogens with two attached hydrogens (primary N) is 1. The van der Waals surface area contributed by atoms with Crippen molar-refractivity contribution in [3.8, 4) is 0 Å². The Labute approximate surface area is 63.4 Å². The van der Waals surface area contributed by atoms with Crippen LogP contribution in [0.4, 0.5) is 5.00 Å². The van der Waals surface area contributed by atoms with E-state index in [1.54, 1.807) is 5.38 Å². The summed E-state index contributed by atoms with van der Waals surface area (Å²) in [5.41, 5.74) is 5.37. The van der Waals surface area contributed by atoms with Crippen LogP contribution >= 0.6 is 11.3 Å². The first kappa shape index (κ1) is 7.56. The van der Waals surface area contributed by atoms with Crippen molar-refractivity contribution >= 4 is 26.2 Å². The van der Waals surface area contributed by atoms with Crippen LogP contribution in [0.15, 0.2) is 16.3 Å². The highest BCUT2D eigenvalue weighted by atomic mass is 32.2. The number of rotatable bonds is 1. The third kappa shape index (κ3) is 1.30. The standard InChI is InChI=1S/C5H7NO2S2/c1-10(7,8)4-2-3-9-5(4)6/h2-3H,6H2,1H3. The molecule has 1 rings (SSSR count). The molecule has 0 aliphatic heterocycles. The molecule has 0 atom stereocenters. The summed E-state index contributed by atoms with van der Waals surface area (Å²) >= 11 is 1.23. The molecular formula is C5H7NO2S2. The molecule has 0 aliphatic carbocycles. The topological polar surface area (TPSA) is 60.2 Å².